The molecule has 0 atom stereocenters. The van der Waals surface area contributed by atoms with Crippen molar-refractivity contribution in [3.05, 3.63) is 24.3 Å². The second kappa shape index (κ2) is 3.55. The van der Waals surface area contributed by atoms with Crippen LogP contribution < -0.4 is 0 Å². The van der Waals surface area contributed by atoms with Crippen LogP contribution in [0.5, 0.6) is 0 Å². The Hall–Kier alpha value is -2.44. The second-order valence-corrected chi connectivity index (χ2v) is 3.66. The summed E-state index contributed by atoms with van der Waals surface area (Å²) in [6.45, 7) is 1.04. The number of carboxylic acid groups (broad SMARTS) is 2. The quantitative estimate of drug-likeness (QED) is 0.742. The molecule has 2 N–H and O–H groups in total. The molecule has 0 aliphatic carbocycles. The van der Waals surface area contributed by atoms with Gasteiger partial charge in [0.15, 0.2) is 0 Å². The fourth-order valence-electron chi connectivity index (χ4n) is 1.32. The Balaban J connectivity index is 2.65. The molecule has 0 bridgehead atoms. The van der Waals surface area contributed by atoms with Crippen LogP contribution in [0, 0.1) is 0 Å². The summed E-state index contributed by atoms with van der Waals surface area (Å²) in [6.07, 6.45) is 0. The van der Waals surface area contributed by atoms with Gasteiger partial charge in [0, 0.05) is 0 Å². The molecule has 0 fully saturated rings. The normalized spacial score (nSPS) is 11.6. The van der Waals surface area contributed by atoms with Crippen molar-refractivity contribution in [2.24, 2.45) is 0 Å². The molecular weight excluding hydrogens is 226 g/mol. The molecule has 88 valence electrons. The van der Waals surface area contributed by atoms with Crippen molar-refractivity contribution < 1.29 is 19.8 Å². The van der Waals surface area contributed by atoms with E-state index in [1.807, 2.05) is 0 Å². The van der Waals surface area contributed by atoms with E-state index < -0.39 is 17.5 Å². The summed E-state index contributed by atoms with van der Waals surface area (Å²) in [5.41, 5.74) is -1.32. The summed E-state index contributed by atoms with van der Waals surface area (Å²) < 4.78 is 0. The number of aromatic nitrogens is 3. The van der Waals surface area contributed by atoms with E-state index in [4.69, 9.17) is 10.2 Å². The minimum absolute atomic E-state index is 0.446. The van der Waals surface area contributed by atoms with E-state index in [2.05, 4.69) is 10.2 Å². The van der Waals surface area contributed by atoms with E-state index in [0.29, 0.717) is 15.8 Å². The van der Waals surface area contributed by atoms with Gasteiger partial charge < -0.3 is 10.2 Å². The van der Waals surface area contributed by atoms with E-state index in [9.17, 15) is 9.59 Å². The lowest BCUT2D eigenvalue weighted by molar-refractivity contribution is -0.162. The van der Waals surface area contributed by atoms with Gasteiger partial charge in [-0.15, -0.1) is 0 Å². The number of benzene rings is 1. The SMILES string of the molecule is CC(C(=O)O)(C(=O)O)n1nc2ccccc2n1. The first-order valence-electron chi connectivity index (χ1n) is 4.75. The fraction of sp³-hybridized carbons (Fsp3) is 0.200. The molecule has 7 heteroatoms. The number of carbonyl (C=O) groups is 2. The number of fused-ring (bicyclic) bond motifs is 1. The predicted molar refractivity (Wildman–Crippen MR) is 56.4 cm³/mol. The monoisotopic (exact) mass is 235 g/mol. The first-order chi connectivity index (χ1) is 7.96. The van der Waals surface area contributed by atoms with Crippen LogP contribution in [0.4, 0.5) is 0 Å². The number of rotatable bonds is 3. The standard InChI is InChI=1S/C10H9N3O4/c1-10(8(14)15,9(16)17)13-11-6-4-2-3-5-7(6)12-13/h2-5H,1H3,(H,14,15)(H,16,17). The first-order valence-corrected chi connectivity index (χ1v) is 4.75. The molecule has 0 saturated carbocycles. The average molecular weight is 235 g/mol. The molecule has 1 aromatic carbocycles. The molecule has 0 amide bonds. The van der Waals surface area contributed by atoms with Gasteiger partial charge in [0.25, 0.3) is 5.54 Å². The van der Waals surface area contributed by atoms with Gasteiger partial charge in [0.05, 0.1) is 0 Å². The van der Waals surface area contributed by atoms with Crippen LogP contribution in [0.3, 0.4) is 0 Å². The van der Waals surface area contributed by atoms with Gasteiger partial charge in [0.2, 0.25) is 0 Å². The summed E-state index contributed by atoms with van der Waals surface area (Å²) in [7, 11) is 0. The zero-order valence-electron chi connectivity index (χ0n) is 8.86. The third-order valence-corrected chi connectivity index (χ3v) is 2.52. The smallest absolute Gasteiger partial charge is 0.345 e. The lowest BCUT2D eigenvalue weighted by atomic mass is 10.1. The maximum absolute atomic E-state index is 11.1. The molecule has 0 saturated heterocycles. The summed E-state index contributed by atoms with van der Waals surface area (Å²) in [5, 5.41) is 25.7. The fourth-order valence-corrected chi connectivity index (χ4v) is 1.32. The number of carboxylic acids is 2. The Morgan fingerprint density at radius 2 is 1.53 bits per heavy atom. The lowest BCUT2D eigenvalue weighted by Crippen LogP contribution is -2.47. The molecule has 0 unspecified atom stereocenters. The molecule has 7 nitrogen and oxygen atoms in total. The van der Waals surface area contributed by atoms with Crippen LogP contribution in [0.1, 0.15) is 6.92 Å². The molecule has 17 heavy (non-hydrogen) atoms. The Morgan fingerprint density at radius 3 is 1.88 bits per heavy atom. The van der Waals surface area contributed by atoms with Crippen molar-refractivity contribution in [1.82, 2.24) is 15.0 Å². The number of nitrogens with zero attached hydrogens (tertiary/aromatic N) is 3. The van der Waals surface area contributed by atoms with Crippen molar-refractivity contribution in [1.29, 1.82) is 0 Å². The molecule has 1 aromatic heterocycles. The minimum Gasteiger partial charge on any atom is -0.479 e. The van der Waals surface area contributed by atoms with Crippen molar-refractivity contribution in [3.8, 4) is 0 Å². The summed E-state index contributed by atoms with van der Waals surface area (Å²) in [6, 6.07) is 6.67. The Bertz CT molecular complexity index is 557. The lowest BCUT2D eigenvalue weighted by Gasteiger charge is -2.17. The van der Waals surface area contributed by atoms with Crippen LogP contribution in [0.15, 0.2) is 24.3 Å². The van der Waals surface area contributed by atoms with Gasteiger partial charge in [-0.25, -0.2) is 9.59 Å². The Kier molecular flexibility index (Phi) is 2.31. The maximum atomic E-state index is 11.1. The summed E-state index contributed by atoms with van der Waals surface area (Å²) in [5.74, 6) is -3.05. The molecule has 0 aliphatic heterocycles. The molecule has 2 rings (SSSR count). The highest BCUT2D eigenvalue weighted by molar-refractivity contribution is 6.00. The topological polar surface area (TPSA) is 105 Å². The van der Waals surface area contributed by atoms with Crippen LogP contribution >= 0.6 is 0 Å². The Morgan fingerprint density at radius 1 is 1.12 bits per heavy atom. The highest BCUT2D eigenvalue weighted by Gasteiger charge is 2.46. The summed E-state index contributed by atoms with van der Waals surface area (Å²) in [4.78, 5) is 22.8. The van der Waals surface area contributed by atoms with Gasteiger partial charge in [-0.3, -0.25) is 0 Å². The van der Waals surface area contributed by atoms with Crippen LogP contribution in [0.2, 0.25) is 0 Å². The molecular formula is C10H9N3O4. The minimum atomic E-state index is -2.21. The molecule has 2 aromatic rings. The van der Waals surface area contributed by atoms with Crippen molar-refractivity contribution in [2.45, 2.75) is 12.5 Å². The van der Waals surface area contributed by atoms with Crippen molar-refractivity contribution in [2.75, 3.05) is 0 Å². The van der Waals surface area contributed by atoms with E-state index in [1.165, 1.54) is 0 Å². The van der Waals surface area contributed by atoms with Crippen LogP contribution in [-0.4, -0.2) is 37.1 Å². The van der Waals surface area contributed by atoms with Gasteiger partial charge in [-0.05, 0) is 19.1 Å². The van der Waals surface area contributed by atoms with Crippen molar-refractivity contribution >= 4 is 23.0 Å². The number of hydrogen-bond acceptors (Lipinski definition) is 4. The van der Waals surface area contributed by atoms with Crippen molar-refractivity contribution in [3.63, 3.8) is 0 Å². The highest BCUT2D eigenvalue weighted by Crippen LogP contribution is 2.17. The Labute approximate surface area is 95.3 Å². The number of aliphatic carboxylic acids is 2. The largest absolute Gasteiger partial charge is 0.479 e. The maximum Gasteiger partial charge on any atom is 0.345 e. The van der Waals surface area contributed by atoms with E-state index >= 15 is 0 Å². The first kappa shape index (κ1) is 11.1. The molecule has 0 radical (unpaired) electrons. The molecule has 0 spiro atoms. The molecule has 1 heterocycles. The third kappa shape index (κ3) is 1.52. The average Bonchev–Trinajstić information content (AvgIpc) is 2.70. The van der Waals surface area contributed by atoms with Crippen LogP contribution in [0.25, 0.3) is 11.0 Å². The van der Waals surface area contributed by atoms with Gasteiger partial charge in [-0.1, -0.05) is 12.1 Å². The van der Waals surface area contributed by atoms with E-state index in [0.717, 1.165) is 6.92 Å². The summed E-state index contributed by atoms with van der Waals surface area (Å²) >= 11 is 0. The second-order valence-electron chi connectivity index (χ2n) is 3.66. The van der Waals surface area contributed by atoms with Crippen LogP contribution in [-0.2, 0) is 15.1 Å². The van der Waals surface area contributed by atoms with E-state index in [-0.39, 0.29) is 0 Å². The zero-order valence-corrected chi connectivity index (χ0v) is 8.86. The van der Waals surface area contributed by atoms with E-state index in [1.54, 1.807) is 24.3 Å². The highest BCUT2D eigenvalue weighted by atomic mass is 16.4. The van der Waals surface area contributed by atoms with Gasteiger partial charge in [-0.2, -0.15) is 15.0 Å². The number of hydrogen-bond donors (Lipinski definition) is 2. The van der Waals surface area contributed by atoms with Gasteiger partial charge in [0.1, 0.15) is 11.0 Å². The zero-order chi connectivity index (χ0) is 12.6. The third-order valence-electron chi connectivity index (χ3n) is 2.52. The molecule has 0 aliphatic rings. The predicted octanol–water partition coefficient (Wildman–Crippen LogP) is 0.316. The van der Waals surface area contributed by atoms with Gasteiger partial charge >= 0.3 is 11.9 Å².